The van der Waals surface area contributed by atoms with E-state index in [1.807, 2.05) is 6.92 Å². The number of nitrogens with two attached hydrogens (primary N) is 1. The van der Waals surface area contributed by atoms with Gasteiger partial charge in [-0.3, -0.25) is 10.1 Å². The van der Waals surface area contributed by atoms with Crippen molar-refractivity contribution in [1.82, 2.24) is 0 Å². The topological polar surface area (TPSA) is 87.6 Å². The molecule has 7 heteroatoms. The molecule has 2 N–H and O–H groups in total. The minimum atomic E-state index is -0.452. The van der Waals surface area contributed by atoms with Crippen molar-refractivity contribution in [2.24, 2.45) is 5.73 Å². The maximum atomic E-state index is 11.1. The quantitative estimate of drug-likeness (QED) is 0.643. The van der Waals surface area contributed by atoms with Gasteiger partial charge in [-0.1, -0.05) is 13.3 Å². The first-order valence-corrected chi connectivity index (χ1v) is 5.71. The van der Waals surface area contributed by atoms with E-state index in [2.05, 4.69) is 0 Å². The third-order valence-corrected chi connectivity index (χ3v) is 2.73. The first-order chi connectivity index (χ1) is 8.54. The van der Waals surface area contributed by atoms with Crippen molar-refractivity contribution >= 4 is 18.1 Å². The average Bonchev–Trinajstić information content (AvgIpc) is 2.37. The molecule has 0 aromatic heterocycles. The number of nitrogens with zero attached hydrogens (tertiary/aromatic N) is 1. The summed E-state index contributed by atoms with van der Waals surface area (Å²) in [5.74, 6) is 0.779. The third kappa shape index (κ3) is 3.97. The van der Waals surface area contributed by atoms with Crippen LogP contribution >= 0.6 is 12.4 Å². The lowest BCUT2D eigenvalue weighted by Crippen LogP contribution is -2.12. The Morgan fingerprint density at radius 1 is 1.32 bits per heavy atom. The zero-order valence-corrected chi connectivity index (χ0v) is 12.0. The summed E-state index contributed by atoms with van der Waals surface area (Å²) in [5, 5.41) is 11.1. The first-order valence-electron chi connectivity index (χ1n) is 5.71. The van der Waals surface area contributed by atoms with Crippen LogP contribution in [0, 0.1) is 10.1 Å². The summed E-state index contributed by atoms with van der Waals surface area (Å²) in [6.45, 7) is 1.98. The molecule has 19 heavy (non-hydrogen) atoms. The Morgan fingerprint density at radius 3 is 2.26 bits per heavy atom. The Morgan fingerprint density at radius 2 is 1.84 bits per heavy atom. The van der Waals surface area contributed by atoms with Crippen molar-refractivity contribution in [1.29, 1.82) is 0 Å². The van der Waals surface area contributed by atoms with Crippen LogP contribution in [0.15, 0.2) is 12.1 Å². The van der Waals surface area contributed by atoms with Crippen molar-refractivity contribution in [3.63, 3.8) is 0 Å². The van der Waals surface area contributed by atoms with Gasteiger partial charge in [-0.25, -0.2) is 0 Å². The van der Waals surface area contributed by atoms with Crippen molar-refractivity contribution in [3.05, 3.63) is 27.8 Å². The first kappa shape index (κ1) is 17.5. The Hall–Kier alpha value is -1.53. The fourth-order valence-corrected chi connectivity index (χ4v) is 1.81. The molecule has 1 rings (SSSR count). The van der Waals surface area contributed by atoms with Crippen molar-refractivity contribution in [2.45, 2.75) is 25.8 Å². The number of nitro benzene ring substituents is 1. The zero-order valence-electron chi connectivity index (χ0n) is 11.2. The monoisotopic (exact) mass is 290 g/mol. The molecule has 108 valence electrons. The maximum absolute atomic E-state index is 11.1. The highest BCUT2D eigenvalue weighted by Gasteiger charge is 2.23. The predicted molar refractivity (Wildman–Crippen MR) is 75.3 cm³/mol. The SMILES string of the molecule is CCC[C@H](N)c1cc(OC)c(OC)cc1[N+](=O)[O-].Cl. The highest BCUT2D eigenvalue weighted by atomic mass is 35.5. The second-order valence-electron chi connectivity index (χ2n) is 3.92. The minimum Gasteiger partial charge on any atom is -0.493 e. The molecule has 6 nitrogen and oxygen atoms in total. The number of hydrogen-bond donors (Lipinski definition) is 1. The van der Waals surface area contributed by atoms with Crippen molar-refractivity contribution < 1.29 is 14.4 Å². The van der Waals surface area contributed by atoms with E-state index in [0.717, 1.165) is 6.42 Å². The van der Waals surface area contributed by atoms with Gasteiger partial charge in [-0.15, -0.1) is 12.4 Å². The Balaban J connectivity index is 0.00000324. The summed E-state index contributed by atoms with van der Waals surface area (Å²) >= 11 is 0. The van der Waals surface area contributed by atoms with Crippen LogP contribution in [0.3, 0.4) is 0 Å². The molecule has 0 saturated carbocycles. The molecule has 0 spiro atoms. The van der Waals surface area contributed by atoms with Gasteiger partial charge in [-0.2, -0.15) is 0 Å². The molecule has 0 aliphatic carbocycles. The number of nitro groups is 1. The van der Waals surface area contributed by atoms with E-state index in [4.69, 9.17) is 15.2 Å². The average molecular weight is 291 g/mol. The molecule has 0 fully saturated rings. The molecular formula is C12H19ClN2O4. The number of hydrogen-bond acceptors (Lipinski definition) is 5. The zero-order chi connectivity index (χ0) is 13.7. The smallest absolute Gasteiger partial charge is 0.278 e. The summed E-state index contributed by atoms with van der Waals surface area (Å²) in [5.41, 5.74) is 6.40. The number of rotatable bonds is 6. The van der Waals surface area contributed by atoms with Gasteiger partial charge in [0.15, 0.2) is 11.5 Å². The highest BCUT2D eigenvalue weighted by molar-refractivity contribution is 5.85. The van der Waals surface area contributed by atoms with Crippen LogP contribution < -0.4 is 15.2 Å². The van der Waals surface area contributed by atoms with E-state index < -0.39 is 4.92 Å². The van der Waals surface area contributed by atoms with Crippen LogP contribution in [0.25, 0.3) is 0 Å². The summed E-state index contributed by atoms with van der Waals surface area (Å²) < 4.78 is 10.2. The van der Waals surface area contributed by atoms with Crippen LogP contribution in [0.2, 0.25) is 0 Å². The number of benzene rings is 1. The van der Waals surface area contributed by atoms with Gasteiger partial charge < -0.3 is 15.2 Å². The van der Waals surface area contributed by atoms with Gasteiger partial charge in [-0.05, 0) is 12.5 Å². The van der Waals surface area contributed by atoms with E-state index >= 15 is 0 Å². The number of methoxy groups -OCH3 is 2. The molecule has 0 heterocycles. The van der Waals surface area contributed by atoms with Crippen LogP contribution in [0.4, 0.5) is 5.69 Å². The number of halogens is 1. The summed E-state index contributed by atoms with van der Waals surface area (Å²) in [6.07, 6.45) is 1.53. The second-order valence-corrected chi connectivity index (χ2v) is 3.92. The van der Waals surface area contributed by atoms with Gasteiger partial charge in [0, 0.05) is 6.04 Å². The highest BCUT2D eigenvalue weighted by Crippen LogP contribution is 2.37. The van der Waals surface area contributed by atoms with Crippen LogP contribution in [-0.2, 0) is 0 Å². The summed E-state index contributed by atoms with van der Waals surface area (Å²) in [4.78, 5) is 10.6. The van der Waals surface area contributed by atoms with Crippen molar-refractivity contribution in [2.75, 3.05) is 14.2 Å². The van der Waals surface area contributed by atoms with Gasteiger partial charge >= 0.3 is 0 Å². The Bertz CT molecular complexity index is 440. The van der Waals surface area contributed by atoms with Gasteiger partial charge in [0.25, 0.3) is 5.69 Å². The van der Waals surface area contributed by atoms with E-state index in [0.29, 0.717) is 23.5 Å². The molecule has 0 bridgehead atoms. The van der Waals surface area contributed by atoms with E-state index in [1.165, 1.54) is 20.3 Å². The molecule has 0 amide bonds. The standard InChI is InChI=1S/C12H18N2O4.ClH/c1-4-5-9(13)8-6-11(17-2)12(18-3)7-10(8)14(15)16;/h6-7,9H,4-5,13H2,1-3H3;1H/t9-;/m0./s1. The molecule has 0 aliphatic heterocycles. The second kappa shape index (κ2) is 7.81. The van der Waals surface area contributed by atoms with Gasteiger partial charge in [0.2, 0.25) is 0 Å². The maximum Gasteiger partial charge on any atom is 0.278 e. The molecule has 1 atom stereocenters. The van der Waals surface area contributed by atoms with Gasteiger partial charge in [0.1, 0.15) is 0 Å². The predicted octanol–water partition coefficient (Wildman–Crippen LogP) is 2.83. The van der Waals surface area contributed by atoms with Crippen molar-refractivity contribution in [3.8, 4) is 11.5 Å². The molecule has 0 unspecified atom stereocenters. The molecular weight excluding hydrogens is 272 g/mol. The molecule has 1 aromatic carbocycles. The van der Waals surface area contributed by atoms with Crippen LogP contribution in [0.5, 0.6) is 11.5 Å². The number of ether oxygens (including phenoxy) is 2. The van der Waals surface area contributed by atoms with Gasteiger partial charge in [0.05, 0.1) is 30.8 Å². The fraction of sp³-hybridized carbons (Fsp3) is 0.500. The van der Waals surface area contributed by atoms with Crippen LogP contribution in [-0.4, -0.2) is 19.1 Å². The van der Waals surface area contributed by atoms with E-state index in [9.17, 15) is 10.1 Å². The van der Waals surface area contributed by atoms with Crippen LogP contribution in [0.1, 0.15) is 31.4 Å². The fourth-order valence-electron chi connectivity index (χ4n) is 1.81. The third-order valence-electron chi connectivity index (χ3n) is 2.73. The molecule has 0 radical (unpaired) electrons. The Labute approximate surface area is 118 Å². The Kier molecular flexibility index (Phi) is 7.18. The summed E-state index contributed by atoms with van der Waals surface area (Å²) in [6, 6.07) is 2.55. The lowest BCUT2D eigenvalue weighted by atomic mass is 10.0. The lowest BCUT2D eigenvalue weighted by Gasteiger charge is -2.14. The molecule has 1 aromatic rings. The largest absolute Gasteiger partial charge is 0.493 e. The van der Waals surface area contributed by atoms with E-state index in [-0.39, 0.29) is 24.1 Å². The molecule has 0 saturated heterocycles. The van der Waals surface area contributed by atoms with E-state index in [1.54, 1.807) is 6.07 Å². The normalized spacial score (nSPS) is 11.4. The minimum absolute atomic E-state index is 0. The lowest BCUT2D eigenvalue weighted by molar-refractivity contribution is -0.385. The molecule has 0 aliphatic rings. The summed E-state index contributed by atoms with van der Waals surface area (Å²) in [7, 11) is 2.92.